The van der Waals surface area contributed by atoms with Gasteiger partial charge in [-0.05, 0) is 36.7 Å². The largest absolute Gasteiger partial charge is 0.395 e. The number of halogens is 5. The average molecular weight is 272 g/mol. The number of hydrogen-bond acceptors (Lipinski definition) is 1. The zero-order valence-corrected chi connectivity index (χ0v) is 9.70. The summed E-state index contributed by atoms with van der Waals surface area (Å²) >= 11 is 11.3. The first kappa shape index (κ1) is 13.6. The Morgan fingerprint density at radius 3 is 2.00 bits per heavy atom. The van der Waals surface area contributed by atoms with Crippen LogP contribution in [0, 0.1) is 0 Å². The normalized spacial score (nSPS) is 13.9. The van der Waals surface area contributed by atoms with Crippen LogP contribution in [-0.2, 0) is 0 Å². The molecule has 2 N–H and O–H groups in total. The third-order valence-electron chi connectivity index (χ3n) is 2.14. The molecule has 0 aliphatic carbocycles. The number of benzene rings is 1. The predicted octanol–water partition coefficient (Wildman–Crippen LogP) is 3.99. The van der Waals surface area contributed by atoms with Gasteiger partial charge in [-0.2, -0.15) is 13.2 Å². The first-order valence-corrected chi connectivity index (χ1v) is 5.33. The van der Waals surface area contributed by atoms with E-state index in [0.29, 0.717) is 0 Å². The maximum Gasteiger partial charge on any atom is 0.395 e. The summed E-state index contributed by atoms with van der Waals surface area (Å²) in [5, 5.41) is 0.377. The van der Waals surface area contributed by atoms with Crippen molar-refractivity contribution < 1.29 is 13.2 Å². The molecule has 1 unspecified atom stereocenters. The van der Waals surface area contributed by atoms with Crippen LogP contribution in [0.2, 0.25) is 10.0 Å². The second kappa shape index (κ2) is 5.25. The molecule has 0 saturated carbocycles. The Kier molecular flexibility index (Phi) is 4.47. The van der Waals surface area contributed by atoms with E-state index in [0.717, 1.165) is 0 Å². The van der Waals surface area contributed by atoms with Crippen LogP contribution in [0.1, 0.15) is 17.9 Å². The SMILES string of the molecule is NCCC(c1cc(Cl)cc(Cl)c1)C(F)(F)F. The lowest BCUT2D eigenvalue weighted by molar-refractivity contribution is -0.151. The number of nitrogens with two attached hydrogens (primary N) is 1. The maximum atomic E-state index is 12.7. The van der Waals surface area contributed by atoms with Crippen LogP contribution in [0.15, 0.2) is 18.2 Å². The molecule has 90 valence electrons. The fraction of sp³-hybridized carbons (Fsp3) is 0.400. The van der Waals surface area contributed by atoms with E-state index in [2.05, 4.69) is 0 Å². The minimum absolute atomic E-state index is 0.0473. The molecular weight excluding hydrogens is 262 g/mol. The molecule has 0 aromatic heterocycles. The molecule has 6 heteroatoms. The van der Waals surface area contributed by atoms with Gasteiger partial charge in [0.25, 0.3) is 0 Å². The van der Waals surface area contributed by atoms with Gasteiger partial charge >= 0.3 is 6.18 Å². The molecule has 0 saturated heterocycles. The van der Waals surface area contributed by atoms with Gasteiger partial charge in [0.05, 0.1) is 5.92 Å². The highest BCUT2D eigenvalue weighted by molar-refractivity contribution is 6.34. The molecular formula is C10H10Cl2F3N. The number of rotatable bonds is 3. The fourth-order valence-corrected chi connectivity index (χ4v) is 2.01. The van der Waals surface area contributed by atoms with E-state index in [-0.39, 0.29) is 28.6 Å². The quantitative estimate of drug-likeness (QED) is 0.884. The lowest BCUT2D eigenvalue weighted by atomic mass is 9.95. The molecule has 0 aliphatic heterocycles. The Morgan fingerprint density at radius 2 is 1.62 bits per heavy atom. The van der Waals surface area contributed by atoms with Gasteiger partial charge in [0.15, 0.2) is 0 Å². The standard InChI is InChI=1S/C10H10Cl2F3N/c11-7-3-6(4-8(12)5-7)9(1-2-16)10(13,14)15/h3-5,9H,1-2,16H2. The Balaban J connectivity index is 3.10. The van der Waals surface area contributed by atoms with Crippen LogP contribution in [0.5, 0.6) is 0 Å². The Labute approximate surface area is 101 Å². The van der Waals surface area contributed by atoms with Gasteiger partial charge in [-0.3, -0.25) is 0 Å². The molecule has 0 amide bonds. The summed E-state index contributed by atoms with van der Waals surface area (Å²) in [7, 11) is 0. The van der Waals surface area contributed by atoms with E-state index in [4.69, 9.17) is 28.9 Å². The topological polar surface area (TPSA) is 26.0 Å². The van der Waals surface area contributed by atoms with Crippen molar-refractivity contribution in [1.82, 2.24) is 0 Å². The van der Waals surface area contributed by atoms with E-state index in [1.165, 1.54) is 18.2 Å². The summed E-state index contributed by atoms with van der Waals surface area (Å²) in [5.41, 5.74) is 5.22. The Hall–Kier alpha value is -0.450. The van der Waals surface area contributed by atoms with E-state index in [1.807, 2.05) is 0 Å². The molecule has 0 radical (unpaired) electrons. The summed E-state index contributed by atoms with van der Waals surface area (Å²) < 4.78 is 38.1. The van der Waals surface area contributed by atoms with E-state index in [1.54, 1.807) is 0 Å². The fourth-order valence-electron chi connectivity index (χ4n) is 1.46. The van der Waals surface area contributed by atoms with Crippen LogP contribution >= 0.6 is 23.2 Å². The average Bonchev–Trinajstić information content (AvgIpc) is 2.10. The first-order chi connectivity index (χ1) is 7.34. The molecule has 0 heterocycles. The van der Waals surface area contributed by atoms with Crippen LogP contribution in [-0.4, -0.2) is 12.7 Å². The zero-order chi connectivity index (χ0) is 12.3. The van der Waals surface area contributed by atoms with Crippen molar-refractivity contribution >= 4 is 23.2 Å². The van der Waals surface area contributed by atoms with Crippen molar-refractivity contribution in [3.63, 3.8) is 0 Å². The second-order valence-corrected chi connectivity index (χ2v) is 4.25. The number of alkyl halides is 3. The van der Waals surface area contributed by atoms with Crippen molar-refractivity contribution in [1.29, 1.82) is 0 Å². The molecule has 1 nitrogen and oxygen atoms in total. The molecule has 1 aromatic rings. The predicted molar refractivity (Wildman–Crippen MR) is 58.9 cm³/mol. The summed E-state index contributed by atoms with van der Waals surface area (Å²) in [6.45, 7) is -0.0473. The highest BCUT2D eigenvalue weighted by Gasteiger charge is 2.40. The Morgan fingerprint density at radius 1 is 1.12 bits per heavy atom. The van der Waals surface area contributed by atoms with Gasteiger partial charge < -0.3 is 5.73 Å². The van der Waals surface area contributed by atoms with Gasteiger partial charge in [-0.15, -0.1) is 0 Å². The molecule has 16 heavy (non-hydrogen) atoms. The number of hydrogen-bond donors (Lipinski definition) is 1. The van der Waals surface area contributed by atoms with E-state index >= 15 is 0 Å². The minimum Gasteiger partial charge on any atom is -0.330 e. The van der Waals surface area contributed by atoms with Crippen molar-refractivity contribution in [3.05, 3.63) is 33.8 Å². The maximum absolute atomic E-state index is 12.7. The highest BCUT2D eigenvalue weighted by Crippen LogP contribution is 2.38. The Bertz CT molecular complexity index is 345. The second-order valence-electron chi connectivity index (χ2n) is 3.37. The van der Waals surface area contributed by atoms with Crippen molar-refractivity contribution in [2.45, 2.75) is 18.5 Å². The summed E-state index contributed by atoms with van der Waals surface area (Å²) in [5.74, 6) is -1.62. The van der Waals surface area contributed by atoms with Crippen LogP contribution in [0.3, 0.4) is 0 Å². The molecule has 1 aromatic carbocycles. The molecule has 0 spiro atoms. The monoisotopic (exact) mass is 271 g/mol. The van der Waals surface area contributed by atoms with Crippen molar-refractivity contribution in [2.75, 3.05) is 6.54 Å². The van der Waals surface area contributed by atoms with Gasteiger partial charge in [-0.25, -0.2) is 0 Å². The van der Waals surface area contributed by atoms with Crippen molar-refractivity contribution in [3.8, 4) is 0 Å². The molecule has 0 fully saturated rings. The van der Waals surface area contributed by atoms with Gasteiger partial charge in [0.2, 0.25) is 0 Å². The minimum atomic E-state index is -4.34. The lowest BCUT2D eigenvalue weighted by Crippen LogP contribution is -2.23. The molecule has 0 bridgehead atoms. The van der Waals surface area contributed by atoms with Crippen molar-refractivity contribution in [2.24, 2.45) is 5.73 Å². The zero-order valence-electron chi connectivity index (χ0n) is 8.19. The first-order valence-electron chi connectivity index (χ1n) is 4.57. The van der Waals surface area contributed by atoms with Crippen LogP contribution < -0.4 is 5.73 Å². The summed E-state index contributed by atoms with van der Waals surface area (Å²) in [6.07, 6.45) is -4.52. The lowest BCUT2D eigenvalue weighted by Gasteiger charge is -2.20. The summed E-state index contributed by atoms with van der Waals surface area (Å²) in [4.78, 5) is 0. The molecule has 1 rings (SSSR count). The smallest absolute Gasteiger partial charge is 0.330 e. The third-order valence-corrected chi connectivity index (χ3v) is 2.57. The highest BCUT2D eigenvalue weighted by atomic mass is 35.5. The summed E-state index contributed by atoms with van der Waals surface area (Å²) in [6, 6.07) is 3.92. The van der Waals surface area contributed by atoms with Gasteiger partial charge in [0, 0.05) is 10.0 Å². The third kappa shape index (κ3) is 3.54. The van der Waals surface area contributed by atoms with Crippen LogP contribution in [0.25, 0.3) is 0 Å². The molecule has 1 atom stereocenters. The van der Waals surface area contributed by atoms with Crippen LogP contribution in [0.4, 0.5) is 13.2 Å². The molecule has 0 aliphatic rings. The van der Waals surface area contributed by atoms with E-state index in [9.17, 15) is 13.2 Å². The van der Waals surface area contributed by atoms with Gasteiger partial charge in [0.1, 0.15) is 0 Å². The van der Waals surface area contributed by atoms with E-state index < -0.39 is 12.1 Å². The van der Waals surface area contributed by atoms with Gasteiger partial charge in [-0.1, -0.05) is 23.2 Å².